The highest BCUT2D eigenvalue weighted by Crippen LogP contribution is 2.44. The van der Waals surface area contributed by atoms with Crippen molar-refractivity contribution < 1.29 is 0 Å². The van der Waals surface area contributed by atoms with Gasteiger partial charge < -0.3 is 0 Å². The molecule has 1 heterocycles. The lowest BCUT2D eigenvalue weighted by atomic mass is 10.2. The predicted octanol–water partition coefficient (Wildman–Crippen LogP) is 3.85. The lowest BCUT2D eigenvalue weighted by molar-refractivity contribution is 0.751. The summed E-state index contributed by atoms with van der Waals surface area (Å²) in [6, 6.07) is 11.0. The molecule has 0 spiro atoms. The molecule has 0 unspecified atom stereocenters. The molecular weight excluding hydrogens is 175 g/mol. The smallest absolute Gasteiger partial charge is 0.00731 e. The van der Waals surface area contributed by atoms with Crippen molar-refractivity contribution in [2.24, 2.45) is 0 Å². The first-order chi connectivity index (χ1) is 6.45. The maximum atomic E-state index is 2.27. The largest absolute Gasteiger partial charge is 0.102 e. The van der Waals surface area contributed by atoms with Gasteiger partial charge in [0.15, 0.2) is 0 Å². The maximum Gasteiger partial charge on any atom is -0.00731 e. The summed E-state index contributed by atoms with van der Waals surface area (Å²) in [4.78, 5) is 0. The maximum absolute atomic E-state index is 2.27. The minimum absolute atomic E-state index is 0.352. The lowest BCUT2D eigenvalue weighted by Crippen LogP contribution is -2.00. The quantitative estimate of drug-likeness (QED) is 0.624. The number of rotatable bonds is 2. The van der Waals surface area contributed by atoms with Crippen LogP contribution in [0.4, 0.5) is 0 Å². The van der Waals surface area contributed by atoms with Gasteiger partial charge in [-0.1, -0.05) is 36.8 Å². The summed E-state index contributed by atoms with van der Waals surface area (Å²) in [5, 5.41) is 0. The normalized spacial score (nSPS) is 18.8. The van der Waals surface area contributed by atoms with Crippen LogP contribution in [0.15, 0.2) is 30.3 Å². The third kappa shape index (κ3) is 2.81. The van der Waals surface area contributed by atoms with Crippen molar-refractivity contribution in [3.05, 3.63) is 35.9 Å². The minimum Gasteiger partial charge on any atom is -0.102 e. The molecule has 0 bridgehead atoms. The van der Waals surface area contributed by atoms with Gasteiger partial charge in [0.25, 0.3) is 0 Å². The molecule has 0 radical (unpaired) electrons. The van der Waals surface area contributed by atoms with Crippen molar-refractivity contribution in [3.8, 4) is 0 Å². The van der Waals surface area contributed by atoms with Gasteiger partial charge in [-0.2, -0.15) is 0 Å². The third-order valence-electron chi connectivity index (χ3n) is 2.70. The Morgan fingerprint density at radius 1 is 0.923 bits per heavy atom. The Morgan fingerprint density at radius 3 is 2.31 bits per heavy atom. The van der Waals surface area contributed by atoms with Gasteiger partial charge in [-0.25, -0.2) is 0 Å². The molecule has 1 saturated heterocycles. The first-order valence-corrected chi connectivity index (χ1v) is 7.11. The van der Waals surface area contributed by atoms with Gasteiger partial charge >= 0.3 is 0 Å². The molecule has 1 aromatic carbocycles. The summed E-state index contributed by atoms with van der Waals surface area (Å²) < 4.78 is 0. The van der Waals surface area contributed by atoms with Crippen LogP contribution in [0.25, 0.3) is 0 Å². The standard InChI is InChI=1S/C12H17P/c1-3-7-12(8-4-1)11-13-9-5-2-6-10-13/h1,3-4,7-8H,2,5-6,9-11H2. The molecule has 0 saturated carbocycles. The Hall–Kier alpha value is -0.350. The van der Waals surface area contributed by atoms with E-state index in [2.05, 4.69) is 30.3 Å². The zero-order valence-corrected chi connectivity index (χ0v) is 8.97. The summed E-state index contributed by atoms with van der Waals surface area (Å²) in [6.45, 7) is 0. The van der Waals surface area contributed by atoms with Gasteiger partial charge in [0.1, 0.15) is 0 Å². The van der Waals surface area contributed by atoms with Gasteiger partial charge in [-0.3, -0.25) is 0 Å². The monoisotopic (exact) mass is 192 g/mol. The fourth-order valence-electron chi connectivity index (χ4n) is 1.96. The average molecular weight is 192 g/mol. The topological polar surface area (TPSA) is 0 Å². The second-order valence-electron chi connectivity index (χ2n) is 3.82. The molecule has 13 heavy (non-hydrogen) atoms. The van der Waals surface area contributed by atoms with Crippen LogP contribution in [0.1, 0.15) is 24.8 Å². The van der Waals surface area contributed by atoms with E-state index in [0.717, 1.165) is 0 Å². The molecule has 0 nitrogen and oxygen atoms in total. The predicted molar refractivity (Wildman–Crippen MR) is 60.7 cm³/mol. The molecule has 70 valence electrons. The Labute approximate surface area is 82.1 Å². The Morgan fingerprint density at radius 2 is 1.62 bits per heavy atom. The molecule has 1 aliphatic rings. The molecule has 0 aromatic heterocycles. The van der Waals surface area contributed by atoms with E-state index in [4.69, 9.17) is 0 Å². The van der Waals surface area contributed by atoms with Crippen molar-refractivity contribution in [3.63, 3.8) is 0 Å². The van der Waals surface area contributed by atoms with Crippen molar-refractivity contribution in [2.45, 2.75) is 25.4 Å². The molecule has 0 amide bonds. The van der Waals surface area contributed by atoms with Gasteiger partial charge in [0, 0.05) is 0 Å². The number of hydrogen-bond acceptors (Lipinski definition) is 0. The highest BCUT2D eigenvalue weighted by Gasteiger charge is 2.12. The van der Waals surface area contributed by atoms with Gasteiger partial charge in [0.05, 0.1) is 0 Å². The fourth-order valence-corrected chi connectivity index (χ4v) is 4.57. The SMILES string of the molecule is c1ccc(CP2CCCCC2)cc1. The summed E-state index contributed by atoms with van der Waals surface area (Å²) >= 11 is 0. The Kier molecular flexibility index (Phi) is 3.38. The van der Waals surface area contributed by atoms with E-state index in [1.54, 1.807) is 5.56 Å². The molecule has 0 aliphatic carbocycles. The van der Waals surface area contributed by atoms with E-state index in [9.17, 15) is 0 Å². The van der Waals surface area contributed by atoms with Crippen molar-refractivity contribution in [1.82, 2.24) is 0 Å². The minimum atomic E-state index is 0.352. The van der Waals surface area contributed by atoms with Crippen LogP contribution in [0, 0.1) is 0 Å². The van der Waals surface area contributed by atoms with Crippen LogP contribution < -0.4 is 0 Å². The van der Waals surface area contributed by atoms with Crippen molar-refractivity contribution in [1.29, 1.82) is 0 Å². The third-order valence-corrected chi connectivity index (χ3v) is 5.41. The molecule has 2 rings (SSSR count). The molecular formula is C12H17P. The van der Waals surface area contributed by atoms with Crippen LogP contribution in [-0.2, 0) is 6.16 Å². The van der Waals surface area contributed by atoms with Crippen molar-refractivity contribution in [2.75, 3.05) is 12.3 Å². The van der Waals surface area contributed by atoms with Crippen LogP contribution in [0.3, 0.4) is 0 Å². The van der Waals surface area contributed by atoms with E-state index in [1.807, 2.05) is 0 Å². The summed E-state index contributed by atoms with van der Waals surface area (Å²) in [5.74, 6) is 0. The molecule has 1 fully saturated rings. The van der Waals surface area contributed by atoms with Gasteiger partial charge in [-0.15, -0.1) is 7.92 Å². The molecule has 1 heteroatoms. The Bertz CT molecular complexity index is 237. The zero-order chi connectivity index (χ0) is 8.93. The van der Waals surface area contributed by atoms with Crippen LogP contribution >= 0.6 is 7.92 Å². The van der Waals surface area contributed by atoms with Crippen LogP contribution in [-0.4, -0.2) is 12.3 Å². The average Bonchev–Trinajstić information content (AvgIpc) is 2.21. The first-order valence-electron chi connectivity index (χ1n) is 5.21. The van der Waals surface area contributed by atoms with Gasteiger partial charge in [-0.05, 0) is 36.9 Å². The number of hydrogen-bond donors (Lipinski definition) is 0. The second-order valence-corrected chi connectivity index (χ2v) is 6.37. The molecule has 1 aliphatic heterocycles. The zero-order valence-electron chi connectivity index (χ0n) is 8.08. The van der Waals surface area contributed by atoms with E-state index >= 15 is 0 Å². The fraction of sp³-hybridized carbons (Fsp3) is 0.500. The summed E-state index contributed by atoms with van der Waals surface area (Å²) in [5.41, 5.74) is 1.55. The highest BCUT2D eigenvalue weighted by molar-refractivity contribution is 7.56. The summed E-state index contributed by atoms with van der Waals surface area (Å²) in [7, 11) is 0.352. The lowest BCUT2D eigenvalue weighted by Gasteiger charge is -2.22. The van der Waals surface area contributed by atoms with Gasteiger partial charge in [0.2, 0.25) is 0 Å². The second kappa shape index (κ2) is 4.77. The first kappa shape index (κ1) is 9.21. The number of benzene rings is 1. The van der Waals surface area contributed by atoms with E-state index in [1.165, 1.54) is 37.7 Å². The molecule has 1 aromatic rings. The molecule has 0 N–H and O–H groups in total. The molecule has 0 atom stereocenters. The summed E-state index contributed by atoms with van der Waals surface area (Å²) in [6.07, 6.45) is 8.86. The van der Waals surface area contributed by atoms with Crippen LogP contribution in [0.5, 0.6) is 0 Å². The van der Waals surface area contributed by atoms with Crippen molar-refractivity contribution >= 4 is 7.92 Å². The highest BCUT2D eigenvalue weighted by atomic mass is 31.1. The van der Waals surface area contributed by atoms with Crippen LogP contribution in [0.2, 0.25) is 0 Å². The van der Waals surface area contributed by atoms with E-state index in [-0.39, 0.29) is 0 Å². The van der Waals surface area contributed by atoms with E-state index in [0.29, 0.717) is 7.92 Å². The Balaban J connectivity index is 1.90. The van der Waals surface area contributed by atoms with E-state index < -0.39 is 0 Å².